The highest BCUT2D eigenvalue weighted by atomic mass is 32.1. The maximum atomic E-state index is 12.7. The van der Waals surface area contributed by atoms with Gasteiger partial charge in [0.05, 0.1) is 5.52 Å². The van der Waals surface area contributed by atoms with E-state index in [2.05, 4.69) is 5.38 Å². The van der Waals surface area contributed by atoms with Crippen molar-refractivity contribution in [2.45, 2.75) is 32.0 Å². The molecule has 2 heterocycles. The van der Waals surface area contributed by atoms with Crippen molar-refractivity contribution < 1.29 is 9.21 Å². The smallest absolute Gasteiger partial charge is 0.408 e. The molecular formula is C17H16N2O3S. The molecular weight excluding hydrogens is 312 g/mol. The van der Waals surface area contributed by atoms with Gasteiger partial charge in [0, 0.05) is 12.6 Å². The van der Waals surface area contributed by atoms with E-state index < -0.39 is 5.76 Å². The molecule has 0 saturated heterocycles. The number of amides is 1. The first kappa shape index (κ1) is 14.3. The number of benzene rings is 1. The van der Waals surface area contributed by atoms with Crippen LogP contribution in [0, 0.1) is 0 Å². The van der Waals surface area contributed by atoms with Crippen LogP contribution in [0.15, 0.2) is 50.3 Å². The summed E-state index contributed by atoms with van der Waals surface area (Å²) in [6.45, 7) is 0.633. The van der Waals surface area contributed by atoms with Gasteiger partial charge >= 0.3 is 5.76 Å². The molecule has 4 rings (SSSR count). The lowest BCUT2D eigenvalue weighted by Crippen LogP contribution is -2.36. The zero-order valence-corrected chi connectivity index (χ0v) is 13.3. The second kappa shape index (κ2) is 5.70. The van der Waals surface area contributed by atoms with Gasteiger partial charge in [-0.15, -0.1) is 0 Å². The molecule has 0 unspecified atom stereocenters. The van der Waals surface area contributed by atoms with Crippen LogP contribution in [0.3, 0.4) is 0 Å². The van der Waals surface area contributed by atoms with E-state index in [9.17, 15) is 9.59 Å². The summed E-state index contributed by atoms with van der Waals surface area (Å²) < 4.78 is 6.62. The highest BCUT2D eigenvalue weighted by Gasteiger charge is 2.33. The van der Waals surface area contributed by atoms with E-state index >= 15 is 0 Å². The van der Waals surface area contributed by atoms with Crippen LogP contribution in [0.4, 0.5) is 0 Å². The van der Waals surface area contributed by atoms with Gasteiger partial charge in [-0.1, -0.05) is 12.1 Å². The van der Waals surface area contributed by atoms with Gasteiger partial charge in [-0.05, 0) is 47.4 Å². The molecule has 1 aliphatic rings. The number of hydrogen-bond donors (Lipinski definition) is 0. The van der Waals surface area contributed by atoms with E-state index in [4.69, 9.17) is 4.42 Å². The Hall–Kier alpha value is -2.34. The van der Waals surface area contributed by atoms with Gasteiger partial charge in [-0.25, -0.2) is 4.79 Å². The summed E-state index contributed by atoms with van der Waals surface area (Å²) in [5.41, 5.74) is 2.32. The third-order valence-corrected chi connectivity index (χ3v) is 4.84. The average molecular weight is 328 g/mol. The van der Waals surface area contributed by atoms with Crippen LogP contribution in [0.2, 0.25) is 0 Å². The number of oxazole rings is 1. The highest BCUT2D eigenvalue weighted by molar-refractivity contribution is 7.07. The summed E-state index contributed by atoms with van der Waals surface area (Å²) >= 11 is 1.63. The lowest BCUT2D eigenvalue weighted by atomic mass is 10.3. The molecule has 1 fully saturated rings. The number of fused-ring (bicyclic) bond motifs is 1. The number of carbonyl (C=O) groups is 1. The average Bonchev–Trinajstić information content (AvgIpc) is 3.16. The SMILES string of the molecule is O=C(Cn1c(=O)oc2ccccc21)N(Cc1ccsc1)C1CC1. The molecule has 1 aromatic carbocycles. The molecule has 118 valence electrons. The number of carbonyl (C=O) groups excluding carboxylic acids is 1. The zero-order valence-electron chi connectivity index (χ0n) is 12.5. The van der Waals surface area contributed by atoms with Crippen molar-refractivity contribution in [3.63, 3.8) is 0 Å². The number of aromatic nitrogens is 1. The van der Waals surface area contributed by atoms with Crippen LogP contribution in [-0.2, 0) is 17.9 Å². The molecule has 0 bridgehead atoms. The second-order valence-corrected chi connectivity index (χ2v) is 6.59. The number of rotatable bonds is 5. The molecule has 3 aromatic rings. The van der Waals surface area contributed by atoms with Crippen molar-refractivity contribution in [1.29, 1.82) is 0 Å². The largest absolute Gasteiger partial charge is 0.420 e. The fourth-order valence-corrected chi connectivity index (χ4v) is 3.44. The Morgan fingerprint density at radius 2 is 2.13 bits per heavy atom. The zero-order chi connectivity index (χ0) is 15.8. The molecule has 0 spiro atoms. The molecule has 2 aromatic heterocycles. The maximum Gasteiger partial charge on any atom is 0.420 e. The summed E-state index contributed by atoms with van der Waals surface area (Å²) in [7, 11) is 0. The molecule has 1 saturated carbocycles. The number of hydrogen-bond acceptors (Lipinski definition) is 4. The second-order valence-electron chi connectivity index (χ2n) is 5.81. The van der Waals surface area contributed by atoms with Crippen molar-refractivity contribution in [1.82, 2.24) is 9.47 Å². The first-order chi connectivity index (χ1) is 11.2. The molecule has 23 heavy (non-hydrogen) atoms. The normalized spacial score (nSPS) is 14.3. The topological polar surface area (TPSA) is 55.5 Å². The quantitative estimate of drug-likeness (QED) is 0.724. The van der Waals surface area contributed by atoms with E-state index in [1.54, 1.807) is 23.5 Å². The molecule has 5 nitrogen and oxygen atoms in total. The molecule has 0 N–H and O–H groups in total. The Labute approximate surface area is 136 Å². The first-order valence-corrected chi connectivity index (χ1v) is 8.55. The van der Waals surface area contributed by atoms with Crippen molar-refractivity contribution in [2.75, 3.05) is 0 Å². The van der Waals surface area contributed by atoms with Crippen molar-refractivity contribution in [3.8, 4) is 0 Å². The Morgan fingerprint density at radius 3 is 2.87 bits per heavy atom. The fourth-order valence-electron chi connectivity index (χ4n) is 2.78. The van der Waals surface area contributed by atoms with E-state index in [1.807, 2.05) is 28.5 Å². The van der Waals surface area contributed by atoms with E-state index in [0.717, 1.165) is 18.4 Å². The van der Waals surface area contributed by atoms with Crippen molar-refractivity contribution in [3.05, 3.63) is 57.2 Å². The minimum absolute atomic E-state index is 0.0243. The summed E-state index contributed by atoms with van der Waals surface area (Å²) in [5, 5.41) is 4.07. The van der Waals surface area contributed by atoms with Gasteiger partial charge in [0.2, 0.25) is 5.91 Å². The third kappa shape index (κ3) is 2.82. The van der Waals surface area contributed by atoms with Crippen LogP contribution < -0.4 is 5.76 Å². The number of para-hydroxylation sites is 2. The van der Waals surface area contributed by atoms with Gasteiger partial charge in [0.1, 0.15) is 6.54 Å². The van der Waals surface area contributed by atoms with Gasteiger partial charge in [0.15, 0.2) is 5.58 Å². The molecule has 1 aliphatic carbocycles. The van der Waals surface area contributed by atoms with Gasteiger partial charge in [0.25, 0.3) is 0 Å². The monoisotopic (exact) mass is 328 g/mol. The van der Waals surface area contributed by atoms with Gasteiger partial charge in [-0.3, -0.25) is 9.36 Å². The Morgan fingerprint density at radius 1 is 1.30 bits per heavy atom. The van der Waals surface area contributed by atoms with Gasteiger partial charge in [-0.2, -0.15) is 11.3 Å². The Kier molecular flexibility index (Phi) is 3.53. The molecule has 0 aliphatic heterocycles. The van der Waals surface area contributed by atoms with E-state index in [0.29, 0.717) is 23.7 Å². The highest BCUT2D eigenvalue weighted by Crippen LogP contribution is 2.29. The third-order valence-electron chi connectivity index (χ3n) is 4.11. The van der Waals surface area contributed by atoms with Crippen LogP contribution in [0.5, 0.6) is 0 Å². The van der Waals surface area contributed by atoms with Crippen LogP contribution >= 0.6 is 11.3 Å². The first-order valence-electron chi connectivity index (χ1n) is 7.61. The number of thiophene rings is 1. The molecule has 1 amide bonds. The van der Waals surface area contributed by atoms with E-state index in [-0.39, 0.29) is 12.5 Å². The predicted octanol–water partition coefficient (Wildman–Crippen LogP) is 2.85. The number of nitrogens with zero attached hydrogens (tertiary/aromatic N) is 2. The molecule has 0 atom stereocenters. The van der Waals surface area contributed by atoms with Crippen molar-refractivity contribution in [2.24, 2.45) is 0 Å². The van der Waals surface area contributed by atoms with Crippen LogP contribution in [-0.4, -0.2) is 21.4 Å². The lowest BCUT2D eigenvalue weighted by molar-refractivity contribution is -0.133. The minimum atomic E-state index is -0.481. The molecule has 6 heteroatoms. The maximum absolute atomic E-state index is 12.7. The summed E-state index contributed by atoms with van der Waals surface area (Å²) in [6.07, 6.45) is 2.08. The summed E-state index contributed by atoms with van der Waals surface area (Å²) in [6, 6.07) is 9.52. The lowest BCUT2D eigenvalue weighted by Gasteiger charge is -2.22. The standard InChI is InChI=1S/C17H16N2O3S/c20-16(18(13-5-6-13)9-12-7-8-23-11-12)10-19-14-3-1-2-4-15(14)22-17(19)21/h1-4,7-8,11,13H,5-6,9-10H2. The predicted molar refractivity (Wildman–Crippen MR) is 88.4 cm³/mol. The molecule has 0 radical (unpaired) electrons. The Balaban J connectivity index is 1.60. The fraction of sp³-hybridized carbons (Fsp3) is 0.294. The summed E-state index contributed by atoms with van der Waals surface area (Å²) in [4.78, 5) is 26.7. The van der Waals surface area contributed by atoms with Crippen molar-refractivity contribution >= 4 is 28.3 Å². The van der Waals surface area contributed by atoms with Gasteiger partial charge < -0.3 is 9.32 Å². The van der Waals surface area contributed by atoms with Crippen LogP contribution in [0.1, 0.15) is 18.4 Å². The van der Waals surface area contributed by atoms with Crippen LogP contribution in [0.25, 0.3) is 11.1 Å². The Bertz CT molecular complexity index is 890. The summed E-state index contributed by atoms with van der Waals surface area (Å²) in [5.74, 6) is -0.516. The van der Waals surface area contributed by atoms with E-state index in [1.165, 1.54) is 4.57 Å². The minimum Gasteiger partial charge on any atom is -0.408 e.